The summed E-state index contributed by atoms with van der Waals surface area (Å²) >= 11 is 5.90. The van der Waals surface area contributed by atoms with Gasteiger partial charge in [-0.1, -0.05) is 11.6 Å². The number of pyridine rings is 1. The van der Waals surface area contributed by atoms with Crippen LogP contribution in [0, 0.1) is 5.92 Å². The van der Waals surface area contributed by atoms with Crippen LogP contribution in [-0.4, -0.2) is 35.9 Å². The predicted octanol–water partition coefficient (Wildman–Crippen LogP) is 4.40. The summed E-state index contributed by atoms with van der Waals surface area (Å²) in [7, 11) is 0. The molecule has 0 aliphatic carbocycles. The summed E-state index contributed by atoms with van der Waals surface area (Å²) in [4.78, 5) is 31.5. The molecule has 2 aromatic rings. The first-order valence-corrected chi connectivity index (χ1v) is 9.54. The third kappa shape index (κ3) is 4.66. The zero-order chi connectivity index (χ0) is 19.4. The number of ether oxygens (including phenoxy) is 1. The van der Waals surface area contributed by atoms with Gasteiger partial charge in [0.25, 0.3) is 0 Å². The first-order chi connectivity index (χ1) is 13.0. The van der Waals surface area contributed by atoms with Crippen molar-refractivity contribution in [3.63, 3.8) is 0 Å². The number of aromatic nitrogens is 1. The molecule has 1 saturated heterocycles. The zero-order valence-corrected chi connectivity index (χ0v) is 16.3. The van der Waals surface area contributed by atoms with Crippen LogP contribution in [0.5, 0.6) is 0 Å². The number of Topliss-reactive ketones (excluding diaryl/α,β-unsaturated/α-hetero) is 1. The number of halogens is 1. The molecule has 1 aromatic carbocycles. The molecule has 1 aliphatic rings. The molecule has 1 aliphatic heterocycles. The van der Waals surface area contributed by atoms with Crippen molar-refractivity contribution >= 4 is 29.2 Å². The highest BCUT2D eigenvalue weighted by Crippen LogP contribution is 2.27. The number of anilines is 1. The van der Waals surface area contributed by atoms with Crippen LogP contribution in [0.1, 0.15) is 47.4 Å². The smallest absolute Gasteiger partial charge is 0.342 e. The molecule has 2 heterocycles. The van der Waals surface area contributed by atoms with Gasteiger partial charge in [0.2, 0.25) is 0 Å². The third-order valence-electron chi connectivity index (χ3n) is 4.64. The van der Waals surface area contributed by atoms with Gasteiger partial charge in [0, 0.05) is 35.8 Å². The second-order valence-corrected chi connectivity index (χ2v) is 7.40. The minimum absolute atomic E-state index is 0.0304. The van der Waals surface area contributed by atoms with E-state index in [4.69, 9.17) is 16.3 Å². The summed E-state index contributed by atoms with van der Waals surface area (Å²) in [5, 5.41) is 0.623. The maximum atomic E-state index is 12.7. The van der Waals surface area contributed by atoms with Gasteiger partial charge < -0.3 is 9.64 Å². The van der Waals surface area contributed by atoms with Gasteiger partial charge in [0.1, 0.15) is 11.4 Å². The highest BCUT2D eigenvalue weighted by molar-refractivity contribution is 6.30. The van der Waals surface area contributed by atoms with Crippen molar-refractivity contribution in [1.82, 2.24) is 4.98 Å². The molecule has 142 valence electrons. The Morgan fingerprint density at radius 1 is 1.15 bits per heavy atom. The van der Waals surface area contributed by atoms with E-state index in [1.807, 2.05) is 13.8 Å². The van der Waals surface area contributed by atoms with E-state index in [-0.39, 0.29) is 23.8 Å². The van der Waals surface area contributed by atoms with Gasteiger partial charge in [0.15, 0.2) is 5.78 Å². The molecular formula is C21H23ClN2O3. The number of piperidine rings is 1. The average molecular weight is 387 g/mol. The van der Waals surface area contributed by atoms with E-state index in [9.17, 15) is 9.59 Å². The SMILES string of the molecule is CC(C)OC(=O)c1cccnc1N1CCC(C(=O)c2ccc(Cl)cc2)CC1. The predicted molar refractivity (Wildman–Crippen MR) is 106 cm³/mol. The normalized spacial score (nSPS) is 15.0. The molecule has 6 heteroatoms. The number of benzene rings is 1. The van der Waals surface area contributed by atoms with Crippen molar-refractivity contribution in [3.8, 4) is 0 Å². The molecule has 0 bridgehead atoms. The Kier molecular flexibility index (Phi) is 6.11. The van der Waals surface area contributed by atoms with Crippen molar-refractivity contribution in [2.75, 3.05) is 18.0 Å². The van der Waals surface area contributed by atoms with Crippen molar-refractivity contribution in [1.29, 1.82) is 0 Å². The maximum Gasteiger partial charge on any atom is 0.342 e. The van der Waals surface area contributed by atoms with Crippen LogP contribution in [0.3, 0.4) is 0 Å². The fraction of sp³-hybridized carbons (Fsp3) is 0.381. The van der Waals surface area contributed by atoms with Crippen LogP contribution in [0.2, 0.25) is 5.02 Å². The molecule has 0 radical (unpaired) electrons. The topological polar surface area (TPSA) is 59.5 Å². The Hall–Kier alpha value is -2.40. The van der Waals surface area contributed by atoms with E-state index < -0.39 is 0 Å². The van der Waals surface area contributed by atoms with Crippen LogP contribution in [0.25, 0.3) is 0 Å². The second kappa shape index (κ2) is 8.53. The lowest BCUT2D eigenvalue weighted by atomic mass is 9.89. The second-order valence-electron chi connectivity index (χ2n) is 6.96. The Morgan fingerprint density at radius 3 is 2.44 bits per heavy atom. The molecule has 1 aromatic heterocycles. The number of hydrogen-bond acceptors (Lipinski definition) is 5. The Labute approximate surface area is 164 Å². The number of hydrogen-bond donors (Lipinski definition) is 0. The average Bonchev–Trinajstić information content (AvgIpc) is 2.67. The van der Waals surface area contributed by atoms with E-state index >= 15 is 0 Å². The highest BCUT2D eigenvalue weighted by Gasteiger charge is 2.28. The minimum Gasteiger partial charge on any atom is -0.459 e. The fourth-order valence-corrected chi connectivity index (χ4v) is 3.42. The monoisotopic (exact) mass is 386 g/mol. The molecule has 0 amide bonds. The van der Waals surface area contributed by atoms with Gasteiger partial charge in [0.05, 0.1) is 6.10 Å². The molecule has 0 saturated carbocycles. The number of ketones is 1. The molecule has 0 spiro atoms. The van der Waals surface area contributed by atoms with E-state index in [2.05, 4.69) is 9.88 Å². The lowest BCUT2D eigenvalue weighted by Gasteiger charge is -2.33. The third-order valence-corrected chi connectivity index (χ3v) is 4.90. The van der Waals surface area contributed by atoms with E-state index in [0.29, 0.717) is 35.1 Å². The number of rotatable bonds is 5. The molecule has 0 atom stereocenters. The van der Waals surface area contributed by atoms with Gasteiger partial charge in [-0.25, -0.2) is 9.78 Å². The quantitative estimate of drug-likeness (QED) is 0.563. The number of carbonyl (C=O) groups excluding carboxylic acids is 2. The van der Waals surface area contributed by atoms with Gasteiger partial charge in [-0.15, -0.1) is 0 Å². The van der Waals surface area contributed by atoms with Gasteiger partial charge >= 0.3 is 5.97 Å². The summed E-state index contributed by atoms with van der Waals surface area (Å²) in [5.41, 5.74) is 1.16. The number of carbonyl (C=O) groups is 2. The summed E-state index contributed by atoms with van der Waals surface area (Å²) < 4.78 is 5.32. The van der Waals surface area contributed by atoms with Gasteiger partial charge in [-0.2, -0.15) is 0 Å². The van der Waals surface area contributed by atoms with Crippen LogP contribution < -0.4 is 4.90 Å². The lowest BCUT2D eigenvalue weighted by Crippen LogP contribution is -2.37. The van der Waals surface area contributed by atoms with Crippen molar-refractivity contribution in [3.05, 3.63) is 58.7 Å². The van der Waals surface area contributed by atoms with Gasteiger partial charge in [-0.05, 0) is 63.1 Å². The summed E-state index contributed by atoms with van der Waals surface area (Å²) in [6, 6.07) is 10.5. The van der Waals surface area contributed by atoms with E-state index in [0.717, 1.165) is 12.8 Å². The minimum atomic E-state index is -0.368. The van der Waals surface area contributed by atoms with Crippen LogP contribution in [0.15, 0.2) is 42.6 Å². The fourth-order valence-electron chi connectivity index (χ4n) is 3.29. The molecular weight excluding hydrogens is 364 g/mol. The number of esters is 1. The summed E-state index contributed by atoms with van der Waals surface area (Å²) in [6.45, 7) is 4.98. The molecule has 1 fully saturated rings. The van der Waals surface area contributed by atoms with Crippen LogP contribution in [-0.2, 0) is 4.74 Å². The summed E-state index contributed by atoms with van der Waals surface area (Å²) in [6.07, 6.45) is 2.92. The van der Waals surface area contributed by atoms with E-state index in [1.165, 1.54) is 0 Å². The first-order valence-electron chi connectivity index (χ1n) is 9.16. The molecule has 0 N–H and O–H groups in total. The summed E-state index contributed by atoms with van der Waals surface area (Å²) in [5.74, 6) is 0.372. The molecule has 27 heavy (non-hydrogen) atoms. The maximum absolute atomic E-state index is 12.7. The zero-order valence-electron chi connectivity index (χ0n) is 15.5. The van der Waals surface area contributed by atoms with Crippen molar-refractivity contribution in [2.45, 2.75) is 32.8 Å². The Bertz CT molecular complexity index is 812. The number of nitrogens with zero attached hydrogens (tertiary/aromatic N) is 2. The molecule has 5 nitrogen and oxygen atoms in total. The van der Waals surface area contributed by atoms with E-state index in [1.54, 1.807) is 42.6 Å². The standard InChI is InChI=1S/C21H23ClN2O3/c1-14(2)27-21(26)18-4-3-11-23-20(18)24-12-9-16(10-13-24)19(25)15-5-7-17(22)8-6-15/h3-8,11,14,16H,9-10,12-13H2,1-2H3. The first kappa shape index (κ1) is 19.4. The Balaban J connectivity index is 1.68. The van der Waals surface area contributed by atoms with Crippen molar-refractivity contribution < 1.29 is 14.3 Å². The molecule has 3 rings (SSSR count). The lowest BCUT2D eigenvalue weighted by molar-refractivity contribution is 0.0378. The highest BCUT2D eigenvalue weighted by atomic mass is 35.5. The Morgan fingerprint density at radius 2 is 1.81 bits per heavy atom. The molecule has 0 unspecified atom stereocenters. The van der Waals surface area contributed by atoms with Crippen molar-refractivity contribution in [2.24, 2.45) is 5.92 Å². The van der Waals surface area contributed by atoms with Crippen LogP contribution in [0.4, 0.5) is 5.82 Å². The van der Waals surface area contributed by atoms with Gasteiger partial charge in [-0.3, -0.25) is 4.79 Å². The van der Waals surface area contributed by atoms with Crippen LogP contribution >= 0.6 is 11.6 Å². The largest absolute Gasteiger partial charge is 0.459 e.